The minimum absolute atomic E-state index is 0.0291. The summed E-state index contributed by atoms with van der Waals surface area (Å²) in [6, 6.07) is 7.58. The number of benzene rings is 1. The second kappa shape index (κ2) is 4.60. The molecule has 1 aromatic carbocycles. The summed E-state index contributed by atoms with van der Waals surface area (Å²) >= 11 is 0. The molecule has 0 fully saturated rings. The van der Waals surface area contributed by atoms with E-state index in [0.29, 0.717) is 5.92 Å². The maximum absolute atomic E-state index is 10.0. The molecule has 0 aromatic heterocycles. The molecule has 76 valence electrons. The molecule has 0 radical (unpaired) electrons. The summed E-state index contributed by atoms with van der Waals surface area (Å²) in [4.78, 5) is 14.4. The van der Waals surface area contributed by atoms with Crippen LogP contribution < -0.4 is 0 Å². The third-order valence-corrected chi connectivity index (χ3v) is 2.00. The molecule has 1 aromatic rings. The summed E-state index contributed by atoms with van der Waals surface area (Å²) < 4.78 is 0. The zero-order chi connectivity index (χ0) is 10.6. The molecule has 0 bridgehead atoms. The van der Waals surface area contributed by atoms with Gasteiger partial charge >= 0.3 is 0 Å². The molecule has 0 spiro atoms. The average Bonchev–Trinajstić information content (AvgIpc) is 2.15. The van der Waals surface area contributed by atoms with Crippen LogP contribution in [0.4, 0.5) is 0 Å². The van der Waals surface area contributed by atoms with Gasteiger partial charge in [0.15, 0.2) is 0 Å². The predicted octanol–water partition coefficient (Wildman–Crippen LogP) is 2.52. The normalized spacial score (nSPS) is 10.2. The lowest BCUT2D eigenvalue weighted by molar-refractivity contribution is -0.763. The molecular formula is C10H13NO3. The van der Waals surface area contributed by atoms with Gasteiger partial charge in [-0.2, -0.15) is 0 Å². The van der Waals surface area contributed by atoms with Gasteiger partial charge in [-0.05, 0) is 17.0 Å². The Bertz CT molecular complexity index is 323. The highest BCUT2D eigenvalue weighted by Crippen LogP contribution is 2.19. The van der Waals surface area contributed by atoms with Crippen molar-refractivity contribution in [3.05, 3.63) is 45.5 Å². The molecule has 0 saturated carbocycles. The third-order valence-electron chi connectivity index (χ3n) is 2.00. The average molecular weight is 195 g/mol. The fourth-order valence-corrected chi connectivity index (χ4v) is 1.35. The van der Waals surface area contributed by atoms with Gasteiger partial charge in [0.1, 0.15) is 6.61 Å². The molecular weight excluding hydrogens is 182 g/mol. The summed E-state index contributed by atoms with van der Waals surface area (Å²) in [5, 5.41) is 9.27. The first-order valence-electron chi connectivity index (χ1n) is 4.46. The second-order valence-corrected chi connectivity index (χ2v) is 3.35. The van der Waals surface area contributed by atoms with Crippen LogP contribution in [0, 0.1) is 10.1 Å². The van der Waals surface area contributed by atoms with Crippen LogP contribution in [0.15, 0.2) is 24.3 Å². The molecule has 4 heteroatoms. The van der Waals surface area contributed by atoms with Gasteiger partial charge < -0.3 is 4.84 Å². The maximum Gasteiger partial charge on any atom is 0.294 e. The van der Waals surface area contributed by atoms with Crippen molar-refractivity contribution in [3.63, 3.8) is 0 Å². The van der Waals surface area contributed by atoms with Crippen molar-refractivity contribution in [2.75, 3.05) is 0 Å². The lowest BCUT2D eigenvalue weighted by atomic mass is 9.98. The van der Waals surface area contributed by atoms with Gasteiger partial charge in [0, 0.05) is 0 Å². The summed E-state index contributed by atoms with van der Waals surface area (Å²) in [5.74, 6) is 0.349. The van der Waals surface area contributed by atoms with Crippen molar-refractivity contribution in [2.24, 2.45) is 0 Å². The van der Waals surface area contributed by atoms with E-state index in [-0.39, 0.29) is 6.61 Å². The molecule has 0 unspecified atom stereocenters. The van der Waals surface area contributed by atoms with Crippen LogP contribution in [0.1, 0.15) is 30.9 Å². The fraction of sp³-hybridized carbons (Fsp3) is 0.400. The Balaban J connectivity index is 2.79. The Labute approximate surface area is 82.6 Å². The Morgan fingerprint density at radius 1 is 1.43 bits per heavy atom. The molecule has 4 nitrogen and oxygen atoms in total. The first kappa shape index (κ1) is 10.5. The molecule has 0 atom stereocenters. The fourth-order valence-electron chi connectivity index (χ4n) is 1.35. The molecule has 0 heterocycles. The van der Waals surface area contributed by atoms with Crippen molar-refractivity contribution < 1.29 is 9.92 Å². The highest BCUT2D eigenvalue weighted by atomic mass is 16.9. The molecule has 0 N–H and O–H groups in total. The Kier molecular flexibility index (Phi) is 3.45. The molecule has 0 aliphatic rings. The molecule has 1 rings (SSSR count). The zero-order valence-corrected chi connectivity index (χ0v) is 8.27. The lowest BCUT2D eigenvalue weighted by Crippen LogP contribution is -2.03. The smallest absolute Gasteiger partial charge is 0.294 e. The highest BCUT2D eigenvalue weighted by Gasteiger charge is 2.06. The summed E-state index contributed by atoms with van der Waals surface area (Å²) in [7, 11) is 0. The van der Waals surface area contributed by atoms with E-state index in [1.165, 1.54) is 0 Å². The van der Waals surface area contributed by atoms with Gasteiger partial charge in [-0.3, -0.25) is 0 Å². The molecule has 0 saturated heterocycles. The topological polar surface area (TPSA) is 52.4 Å². The van der Waals surface area contributed by atoms with Gasteiger partial charge in [-0.25, -0.2) is 0 Å². The summed E-state index contributed by atoms with van der Waals surface area (Å²) in [6.45, 7) is 4.12. The van der Waals surface area contributed by atoms with E-state index in [2.05, 4.69) is 4.84 Å². The second-order valence-electron chi connectivity index (χ2n) is 3.35. The first-order chi connectivity index (χ1) is 6.61. The third kappa shape index (κ3) is 2.73. The zero-order valence-electron chi connectivity index (χ0n) is 8.27. The Morgan fingerprint density at radius 3 is 2.64 bits per heavy atom. The van der Waals surface area contributed by atoms with Crippen molar-refractivity contribution in [1.82, 2.24) is 0 Å². The molecule has 0 aliphatic carbocycles. The van der Waals surface area contributed by atoms with E-state index < -0.39 is 5.09 Å². The van der Waals surface area contributed by atoms with Crippen LogP contribution in [0.25, 0.3) is 0 Å². The molecule has 0 amide bonds. The van der Waals surface area contributed by atoms with Crippen LogP contribution in [-0.4, -0.2) is 5.09 Å². The number of hydrogen-bond donors (Lipinski definition) is 0. The van der Waals surface area contributed by atoms with E-state index in [1.54, 1.807) is 0 Å². The monoisotopic (exact) mass is 195 g/mol. The van der Waals surface area contributed by atoms with Crippen molar-refractivity contribution in [2.45, 2.75) is 26.4 Å². The minimum Gasteiger partial charge on any atom is -0.309 e. The summed E-state index contributed by atoms with van der Waals surface area (Å²) in [5.41, 5.74) is 1.97. The quantitative estimate of drug-likeness (QED) is 0.548. The van der Waals surface area contributed by atoms with Crippen LogP contribution in [0.2, 0.25) is 0 Å². The summed E-state index contributed by atoms with van der Waals surface area (Å²) in [6.07, 6.45) is 0. The van der Waals surface area contributed by atoms with Gasteiger partial charge in [-0.1, -0.05) is 38.1 Å². The Morgan fingerprint density at radius 2 is 2.07 bits per heavy atom. The van der Waals surface area contributed by atoms with E-state index in [4.69, 9.17) is 0 Å². The van der Waals surface area contributed by atoms with E-state index in [0.717, 1.165) is 11.1 Å². The first-order valence-corrected chi connectivity index (χ1v) is 4.46. The van der Waals surface area contributed by atoms with Crippen molar-refractivity contribution in [1.29, 1.82) is 0 Å². The van der Waals surface area contributed by atoms with Crippen LogP contribution in [0.3, 0.4) is 0 Å². The van der Waals surface area contributed by atoms with E-state index in [9.17, 15) is 10.1 Å². The number of rotatable bonds is 4. The Hall–Kier alpha value is -1.58. The number of hydrogen-bond acceptors (Lipinski definition) is 3. The number of nitrogens with zero attached hydrogens (tertiary/aromatic N) is 1. The van der Waals surface area contributed by atoms with Gasteiger partial charge in [0.05, 0.1) is 0 Å². The van der Waals surface area contributed by atoms with Gasteiger partial charge in [0.2, 0.25) is 0 Å². The van der Waals surface area contributed by atoms with Crippen LogP contribution in [-0.2, 0) is 11.4 Å². The molecule has 0 aliphatic heterocycles. The van der Waals surface area contributed by atoms with Gasteiger partial charge in [0.25, 0.3) is 5.09 Å². The minimum atomic E-state index is -0.767. The van der Waals surface area contributed by atoms with Crippen molar-refractivity contribution >= 4 is 0 Å². The standard InChI is InChI=1S/C10H13NO3/c1-8(2)10-6-4-3-5-9(10)7-14-11(12)13/h3-6,8H,7H2,1-2H3. The van der Waals surface area contributed by atoms with Crippen molar-refractivity contribution in [3.8, 4) is 0 Å². The van der Waals surface area contributed by atoms with Crippen LogP contribution >= 0.6 is 0 Å². The van der Waals surface area contributed by atoms with Gasteiger partial charge in [-0.15, -0.1) is 10.1 Å². The molecule has 14 heavy (non-hydrogen) atoms. The van der Waals surface area contributed by atoms with Crippen LogP contribution in [0.5, 0.6) is 0 Å². The highest BCUT2D eigenvalue weighted by molar-refractivity contribution is 5.28. The SMILES string of the molecule is CC(C)c1ccccc1CO[N+](=O)[O-]. The van der Waals surface area contributed by atoms with E-state index >= 15 is 0 Å². The lowest BCUT2D eigenvalue weighted by Gasteiger charge is -2.11. The maximum atomic E-state index is 10.0. The largest absolute Gasteiger partial charge is 0.309 e. The van der Waals surface area contributed by atoms with E-state index in [1.807, 2.05) is 38.1 Å². The predicted molar refractivity (Wildman–Crippen MR) is 52.3 cm³/mol.